The Hall–Kier alpha value is -5.19. The lowest BCUT2D eigenvalue weighted by molar-refractivity contribution is -0.0217. The number of ketones is 3. The molecule has 3 aliphatic rings. The van der Waals surface area contributed by atoms with Crippen molar-refractivity contribution in [2.24, 2.45) is 5.92 Å². The molecule has 0 amide bonds. The van der Waals surface area contributed by atoms with E-state index in [0.717, 1.165) is 32.7 Å². The van der Waals surface area contributed by atoms with Gasteiger partial charge in [0.25, 0.3) is 0 Å². The van der Waals surface area contributed by atoms with E-state index in [1.54, 1.807) is 18.2 Å². The minimum absolute atomic E-state index is 0.117. The number of Topliss-reactive ketones (excluding diaryl/α,β-unsaturated/α-hetero) is 3. The van der Waals surface area contributed by atoms with Gasteiger partial charge in [0.1, 0.15) is 11.0 Å². The van der Waals surface area contributed by atoms with Crippen LogP contribution in [0.15, 0.2) is 121 Å². The second kappa shape index (κ2) is 8.96. The fourth-order valence-electron chi connectivity index (χ4n) is 9.33. The predicted octanol–water partition coefficient (Wildman–Crippen LogP) is 7.97. The van der Waals surface area contributed by atoms with Crippen LogP contribution in [0.3, 0.4) is 0 Å². The molecule has 1 N–H and O–H groups in total. The van der Waals surface area contributed by atoms with E-state index in [4.69, 9.17) is 0 Å². The Morgan fingerprint density at radius 3 is 1.74 bits per heavy atom. The quantitative estimate of drug-likeness (QED) is 0.210. The van der Waals surface area contributed by atoms with Crippen LogP contribution in [-0.4, -0.2) is 22.5 Å². The Balaban J connectivity index is 1.47. The summed E-state index contributed by atoms with van der Waals surface area (Å²) in [7, 11) is 0. The Labute approximate surface area is 266 Å². The van der Waals surface area contributed by atoms with E-state index in [-0.39, 0.29) is 23.8 Å². The zero-order chi connectivity index (χ0) is 31.6. The Morgan fingerprint density at radius 2 is 1.13 bits per heavy atom. The summed E-state index contributed by atoms with van der Waals surface area (Å²) in [6.07, 6.45) is -0.117. The lowest BCUT2D eigenvalue weighted by atomic mass is 9.57. The van der Waals surface area contributed by atoms with Crippen LogP contribution in [0.4, 0.5) is 0 Å². The van der Waals surface area contributed by atoms with Crippen LogP contribution < -0.4 is 0 Å². The van der Waals surface area contributed by atoms with E-state index < -0.39 is 22.3 Å². The van der Waals surface area contributed by atoms with E-state index in [9.17, 15) is 5.11 Å². The number of carbonyl (C=O) groups is 3. The van der Waals surface area contributed by atoms with Gasteiger partial charge < -0.3 is 5.11 Å². The van der Waals surface area contributed by atoms with Gasteiger partial charge in [-0.25, -0.2) is 0 Å². The second-order valence-corrected chi connectivity index (χ2v) is 13.4. The normalized spacial score (nSPS) is 25.8. The van der Waals surface area contributed by atoms with Gasteiger partial charge in [-0.3, -0.25) is 14.4 Å². The molecule has 4 atom stereocenters. The van der Waals surface area contributed by atoms with Crippen LogP contribution >= 0.6 is 0 Å². The number of carbonyl (C=O) groups excluding carboxylic acids is 3. The number of fused-ring (bicyclic) bond motifs is 2. The van der Waals surface area contributed by atoms with Crippen molar-refractivity contribution in [1.82, 2.24) is 0 Å². The van der Waals surface area contributed by atoms with Gasteiger partial charge in [-0.2, -0.15) is 0 Å². The first-order chi connectivity index (χ1) is 22.2. The summed E-state index contributed by atoms with van der Waals surface area (Å²) in [5.74, 6) is -2.09. The molecule has 6 aromatic carbocycles. The predicted molar refractivity (Wildman–Crippen MR) is 179 cm³/mol. The van der Waals surface area contributed by atoms with Gasteiger partial charge in [0, 0.05) is 16.7 Å². The third-order valence-corrected chi connectivity index (χ3v) is 11.2. The van der Waals surface area contributed by atoms with Crippen molar-refractivity contribution in [2.45, 2.75) is 36.7 Å². The van der Waals surface area contributed by atoms with E-state index in [1.807, 2.05) is 117 Å². The number of hydrogen-bond acceptors (Lipinski definition) is 4. The first kappa shape index (κ1) is 27.1. The Kier molecular flexibility index (Phi) is 5.29. The standard InChI is InChI=1S/C42H30O4/c1-24-15-19-28(20-16-24)36(43)37-40(32-13-5-9-26-7-3-11-30(34(26)32)38(40)44)23-41(46,29-21-17-25(2)18-22-29)42(37)33-14-6-10-27-8-4-12-31(35(27)33)39(42)45/h3-22,37,46H,23H2,1-2H3. The number of aliphatic hydroxyl groups is 1. The summed E-state index contributed by atoms with van der Waals surface area (Å²) in [6.45, 7) is 3.93. The molecule has 9 rings (SSSR count). The average molecular weight is 599 g/mol. The van der Waals surface area contributed by atoms with Crippen molar-refractivity contribution in [3.63, 3.8) is 0 Å². The summed E-state index contributed by atoms with van der Waals surface area (Å²) < 4.78 is 0. The van der Waals surface area contributed by atoms with Crippen molar-refractivity contribution < 1.29 is 19.5 Å². The average Bonchev–Trinajstić information content (AvgIpc) is 3.58. The Bertz CT molecular complexity index is 2320. The summed E-state index contributed by atoms with van der Waals surface area (Å²) in [5, 5.41) is 16.9. The highest BCUT2D eigenvalue weighted by Gasteiger charge is 2.80. The smallest absolute Gasteiger partial charge is 0.178 e. The topological polar surface area (TPSA) is 71.4 Å². The largest absolute Gasteiger partial charge is 0.384 e. The molecule has 222 valence electrons. The monoisotopic (exact) mass is 598 g/mol. The Morgan fingerprint density at radius 1 is 0.630 bits per heavy atom. The van der Waals surface area contributed by atoms with Crippen molar-refractivity contribution in [1.29, 1.82) is 0 Å². The summed E-state index contributed by atoms with van der Waals surface area (Å²) in [6, 6.07) is 37.7. The second-order valence-electron chi connectivity index (χ2n) is 13.4. The molecule has 3 aliphatic carbocycles. The molecule has 0 radical (unpaired) electrons. The highest BCUT2D eigenvalue weighted by molar-refractivity contribution is 6.28. The molecular formula is C42H30O4. The maximum atomic E-state index is 15.5. The fraction of sp³-hybridized carbons (Fsp3) is 0.167. The lowest BCUT2D eigenvalue weighted by Gasteiger charge is -2.43. The van der Waals surface area contributed by atoms with Crippen molar-refractivity contribution in [2.75, 3.05) is 0 Å². The summed E-state index contributed by atoms with van der Waals surface area (Å²) in [4.78, 5) is 46.2. The third-order valence-electron chi connectivity index (χ3n) is 11.2. The van der Waals surface area contributed by atoms with Crippen molar-refractivity contribution in [3.8, 4) is 0 Å². The van der Waals surface area contributed by atoms with Gasteiger partial charge in [0.05, 0.1) is 11.3 Å². The van der Waals surface area contributed by atoms with E-state index in [0.29, 0.717) is 33.4 Å². The molecule has 46 heavy (non-hydrogen) atoms. The van der Waals surface area contributed by atoms with Crippen LogP contribution in [0.25, 0.3) is 21.5 Å². The van der Waals surface area contributed by atoms with Gasteiger partial charge in [0.15, 0.2) is 17.3 Å². The highest BCUT2D eigenvalue weighted by Crippen LogP contribution is 2.71. The zero-order valence-electron chi connectivity index (χ0n) is 25.5. The van der Waals surface area contributed by atoms with Gasteiger partial charge in [-0.15, -0.1) is 0 Å². The molecule has 0 aromatic heterocycles. The number of hydrogen-bond donors (Lipinski definition) is 1. The van der Waals surface area contributed by atoms with Crippen molar-refractivity contribution in [3.05, 3.63) is 166 Å². The van der Waals surface area contributed by atoms with Gasteiger partial charge >= 0.3 is 0 Å². The molecule has 6 aromatic rings. The van der Waals surface area contributed by atoms with Crippen molar-refractivity contribution >= 4 is 38.9 Å². The molecule has 1 fully saturated rings. The molecule has 4 unspecified atom stereocenters. The lowest BCUT2D eigenvalue weighted by Crippen LogP contribution is -2.56. The minimum atomic E-state index is -1.91. The van der Waals surface area contributed by atoms with Crippen LogP contribution in [-0.2, 0) is 16.4 Å². The molecular weight excluding hydrogens is 568 g/mol. The molecule has 4 heteroatoms. The maximum absolute atomic E-state index is 15.5. The van der Waals surface area contributed by atoms with Crippen LogP contribution in [0.1, 0.15) is 65.3 Å². The molecule has 0 bridgehead atoms. The molecule has 0 aliphatic heterocycles. The van der Waals surface area contributed by atoms with Gasteiger partial charge in [-0.1, -0.05) is 132 Å². The maximum Gasteiger partial charge on any atom is 0.178 e. The zero-order valence-corrected chi connectivity index (χ0v) is 25.5. The molecule has 2 spiro atoms. The summed E-state index contributed by atoms with van der Waals surface area (Å²) in [5.41, 5.74) is 0.0262. The van der Waals surface area contributed by atoms with Crippen LogP contribution in [0, 0.1) is 19.8 Å². The first-order valence-corrected chi connectivity index (χ1v) is 15.8. The highest BCUT2D eigenvalue weighted by atomic mass is 16.3. The first-order valence-electron chi connectivity index (χ1n) is 15.8. The van der Waals surface area contributed by atoms with Gasteiger partial charge in [-0.05, 0) is 58.5 Å². The fourth-order valence-corrected chi connectivity index (χ4v) is 9.33. The molecule has 0 heterocycles. The third kappa shape index (κ3) is 3.01. The summed E-state index contributed by atoms with van der Waals surface area (Å²) >= 11 is 0. The van der Waals surface area contributed by atoms with Crippen LogP contribution in [0.5, 0.6) is 0 Å². The van der Waals surface area contributed by atoms with Gasteiger partial charge in [0.2, 0.25) is 0 Å². The molecule has 4 nitrogen and oxygen atoms in total. The number of benzene rings is 6. The molecule has 0 saturated heterocycles. The van der Waals surface area contributed by atoms with E-state index in [2.05, 4.69) is 0 Å². The minimum Gasteiger partial charge on any atom is -0.384 e. The SMILES string of the molecule is Cc1ccc(C(=O)C2C3(CC(O)(c4ccc(C)cc4)C24C(=O)c2cccc5cccc4c25)C(=O)c2cccc4cccc3c24)cc1. The number of aryl methyl sites for hydroxylation is 2. The van der Waals surface area contributed by atoms with E-state index in [1.165, 1.54) is 0 Å². The molecule has 1 saturated carbocycles. The number of rotatable bonds is 3. The van der Waals surface area contributed by atoms with E-state index >= 15 is 14.4 Å². The van der Waals surface area contributed by atoms with Crippen LogP contribution in [0.2, 0.25) is 0 Å².